The maximum absolute atomic E-state index is 4.56. The first kappa shape index (κ1) is 11.5. The molecule has 90 valence electrons. The average Bonchev–Trinajstić information content (AvgIpc) is 2.64. The summed E-state index contributed by atoms with van der Waals surface area (Å²) in [5.41, 5.74) is 1.56. The van der Waals surface area contributed by atoms with E-state index in [0.717, 1.165) is 18.2 Å². The van der Waals surface area contributed by atoms with E-state index in [-0.39, 0.29) is 0 Å². The molecular weight excluding hydrogens is 198 g/mol. The Morgan fingerprint density at radius 3 is 2.81 bits per heavy atom. The Kier molecular flexibility index (Phi) is 2.96. The zero-order valence-electron chi connectivity index (χ0n) is 10.9. The van der Waals surface area contributed by atoms with E-state index in [0.29, 0.717) is 11.5 Å². The van der Waals surface area contributed by atoms with Gasteiger partial charge in [-0.15, -0.1) is 0 Å². The van der Waals surface area contributed by atoms with Gasteiger partial charge < -0.3 is 9.88 Å². The Morgan fingerprint density at radius 1 is 1.56 bits per heavy atom. The molecule has 1 heterocycles. The van der Waals surface area contributed by atoms with Crippen LogP contribution in [0.3, 0.4) is 0 Å². The number of aromatic nitrogens is 2. The monoisotopic (exact) mass is 221 g/mol. The highest BCUT2D eigenvalue weighted by atomic mass is 15.2. The number of anilines is 1. The Balaban J connectivity index is 2.02. The number of hydrogen-bond donors (Lipinski definition) is 1. The molecular formula is C13H23N3. The molecule has 0 bridgehead atoms. The lowest BCUT2D eigenvalue weighted by molar-refractivity contribution is 0.612. The average molecular weight is 221 g/mol. The van der Waals surface area contributed by atoms with Crippen molar-refractivity contribution in [2.45, 2.75) is 59.5 Å². The van der Waals surface area contributed by atoms with E-state index in [1.54, 1.807) is 0 Å². The molecule has 3 nitrogen and oxygen atoms in total. The van der Waals surface area contributed by atoms with Gasteiger partial charge in [0.2, 0.25) is 5.95 Å². The summed E-state index contributed by atoms with van der Waals surface area (Å²) < 4.78 is 2.26. The smallest absolute Gasteiger partial charge is 0.203 e. The van der Waals surface area contributed by atoms with Crippen molar-refractivity contribution >= 4 is 5.95 Å². The molecule has 3 heteroatoms. The molecule has 1 aromatic heterocycles. The first-order valence-corrected chi connectivity index (χ1v) is 6.33. The first-order valence-electron chi connectivity index (χ1n) is 6.33. The van der Waals surface area contributed by atoms with Crippen LogP contribution in [0.1, 0.15) is 45.7 Å². The van der Waals surface area contributed by atoms with Crippen molar-refractivity contribution in [3.63, 3.8) is 0 Å². The highest BCUT2D eigenvalue weighted by molar-refractivity contribution is 5.34. The molecule has 16 heavy (non-hydrogen) atoms. The number of unbranched alkanes of at least 4 members (excludes halogenated alkanes) is 1. The Labute approximate surface area is 98.3 Å². The van der Waals surface area contributed by atoms with Gasteiger partial charge in [-0.3, -0.25) is 0 Å². The second kappa shape index (κ2) is 4.11. The molecule has 1 atom stereocenters. The second-order valence-corrected chi connectivity index (χ2v) is 5.64. The van der Waals surface area contributed by atoms with Gasteiger partial charge in [0.05, 0.1) is 5.69 Å². The van der Waals surface area contributed by atoms with Gasteiger partial charge in [0, 0.05) is 18.8 Å². The van der Waals surface area contributed by atoms with E-state index in [2.05, 4.69) is 48.8 Å². The fourth-order valence-electron chi connectivity index (χ4n) is 2.03. The van der Waals surface area contributed by atoms with E-state index in [1.807, 2.05) is 0 Å². The summed E-state index contributed by atoms with van der Waals surface area (Å²) >= 11 is 0. The van der Waals surface area contributed by atoms with Gasteiger partial charge in [0.25, 0.3) is 0 Å². The molecule has 1 N–H and O–H groups in total. The Hall–Kier alpha value is -0.990. The second-order valence-electron chi connectivity index (χ2n) is 5.64. The van der Waals surface area contributed by atoms with Crippen molar-refractivity contribution in [2.75, 3.05) is 5.32 Å². The van der Waals surface area contributed by atoms with E-state index >= 15 is 0 Å². The highest BCUT2D eigenvalue weighted by Gasteiger charge is 2.46. The van der Waals surface area contributed by atoms with Gasteiger partial charge in [-0.05, 0) is 25.2 Å². The fraction of sp³-hybridized carbons (Fsp3) is 0.769. The highest BCUT2D eigenvalue weighted by Crippen LogP contribution is 2.46. The van der Waals surface area contributed by atoms with E-state index in [4.69, 9.17) is 0 Å². The predicted octanol–water partition coefficient (Wildman–Crippen LogP) is 3.20. The zero-order chi connectivity index (χ0) is 11.8. The lowest BCUT2D eigenvalue weighted by Crippen LogP contribution is -2.13. The number of nitrogens with zero attached hydrogens (tertiary/aromatic N) is 2. The first-order chi connectivity index (χ1) is 7.53. The lowest BCUT2D eigenvalue weighted by atomic mass is 10.2. The largest absolute Gasteiger partial charge is 0.352 e. The van der Waals surface area contributed by atoms with Gasteiger partial charge in [-0.2, -0.15) is 0 Å². The lowest BCUT2D eigenvalue weighted by Gasteiger charge is -2.10. The van der Waals surface area contributed by atoms with Crippen molar-refractivity contribution in [2.24, 2.45) is 5.41 Å². The van der Waals surface area contributed by atoms with Crippen LogP contribution in [-0.2, 0) is 6.54 Å². The molecule has 1 aliphatic carbocycles. The van der Waals surface area contributed by atoms with Crippen molar-refractivity contribution in [1.29, 1.82) is 0 Å². The number of nitrogens with one attached hydrogen (secondary N) is 1. The molecule has 1 unspecified atom stereocenters. The van der Waals surface area contributed by atoms with Crippen LogP contribution < -0.4 is 5.32 Å². The summed E-state index contributed by atoms with van der Waals surface area (Å²) in [7, 11) is 0. The van der Waals surface area contributed by atoms with Gasteiger partial charge in [-0.25, -0.2) is 4.98 Å². The molecule has 0 spiro atoms. The number of hydrogen-bond acceptors (Lipinski definition) is 2. The van der Waals surface area contributed by atoms with Crippen LogP contribution in [0.15, 0.2) is 6.20 Å². The number of imidazole rings is 1. The third kappa shape index (κ3) is 2.39. The van der Waals surface area contributed by atoms with Crippen molar-refractivity contribution in [3.8, 4) is 0 Å². The minimum atomic E-state index is 0.454. The molecule has 1 fully saturated rings. The van der Waals surface area contributed by atoms with Crippen LogP contribution in [-0.4, -0.2) is 15.6 Å². The molecule has 0 aliphatic heterocycles. The Bertz CT molecular complexity index is 365. The molecule has 1 aliphatic rings. The summed E-state index contributed by atoms with van der Waals surface area (Å²) in [6.07, 6.45) is 5.85. The van der Waals surface area contributed by atoms with Crippen LogP contribution in [0, 0.1) is 12.3 Å². The van der Waals surface area contributed by atoms with Gasteiger partial charge in [0.15, 0.2) is 0 Å². The van der Waals surface area contributed by atoms with Crippen molar-refractivity contribution < 1.29 is 0 Å². The third-order valence-corrected chi connectivity index (χ3v) is 3.47. The molecule has 1 saturated carbocycles. The summed E-state index contributed by atoms with van der Waals surface area (Å²) in [6, 6.07) is 0.606. The molecule has 0 amide bonds. The van der Waals surface area contributed by atoms with Gasteiger partial charge >= 0.3 is 0 Å². The predicted molar refractivity (Wildman–Crippen MR) is 67.7 cm³/mol. The number of aryl methyl sites for hydroxylation is 2. The molecule has 2 rings (SSSR count). The van der Waals surface area contributed by atoms with Crippen LogP contribution >= 0.6 is 0 Å². The summed E-state index contributed by atoms with van der Waals surface area (Å²) in [4.78, 5) is 4.56. The van der Waals surface area contributed by atoms with E-state index < -0.39 is 0 Å². The number of rotatable bonds is 5. The summed E-state index contributed by atoms with van der Waals surface area (Å²) in [5, 5.41) is 3.56. The van der Waals surface area contributed by atoms with Gasteiger partial charge in [0.1, 0.15) is 0 Å². The molecule has 0 aromatic carbocycles. The van der Waals surface area contributed by atoms with Crippen LogP contribution in [0.25, 0.3) is 0 Å². The molecule has 1 aromatic rings. The topological polar surface area (TPSA) is 29.9 Å². The minimum absolute atomic E-state index is 0.454. The van der Waals surface area contributed by atoms with E-state index in [1.165, 1.54) is 19.3 Å². The maximum Gasteiger partial charge on any atom is 0.203 e. The van der Waals surface area contributed by atoms with Crippen molar-refractivity contribution in [3.05, 3.63) is 11.9 Å². The summed E-state index contributed by atoms with van der Waals surface area (Å²) in [6.45, 7) is 9.97. The molecule has 0 radical (unpaired) electrons. The standard InChI is InChI=1S/C13H23N3/c1-5-6-7-16-9-10(2)14-12(16)15-11-8-13(11,3)4/h9,11H,5-8H2,1-4H3,(H,14,15). The van der Waals surface area contributed by atoms with Crippen LogP contribution in [0.5, 0.6) is 0 Å². The normalized spacial score (nSPS) is 22.1. The quantitative estimate of drug-likeness (QED) is 0.827. The Morgan fingerprint density at radius 2 is 2.25 bits per heavy atom. The fourth-order valence-corrected chi connectivity index (χ4v) is 2.03. The molecule has 0 saturated heterocycles. The van der Waals surface area contributed by atoms with E-state index in [9.17, 15) is 0 Å². The minimum Gasteiger partial charge on any atom is -0.352 e. The summed E-state index contributed by atoms with van der Waals surface area (Å²) in [5.74, 6) is 1.06. The van der Waals surface area contributed by atoms with Gasteiger partial charge in [-0.1, -0.05) is 27.2 Å². The maximum atomic E-state index is 4.56. The van der Waals surface area contributed by atoms with Crippen molar-refractivity contribution in [1.82, 2.24) is 9.55 Å². The third-order valence-electron chi connectivity index (χ3n) is 3.47. The zero-order valence-corrected chi connectivity index (χ0v) is 10.9. The SMILES string of the molecule is CCCCn1cc(C)nc1NC1CC1(C)C. The van der Waals surface area contributed by atoms with Crippen LogP contribution in [0.2, 0.25) is 0 Å². The van der Waals surface area contributed by atoms with Crippen LogP contribution in [0.4, 0.5) is 5.95 Å².